The first kappa shape index (κ1) is 15.9. The van der Waals surface area contributed by atoms with E-state index in [2.05, 4.69) is 10.4 Å². The summed E-state index contributed by atoms with van der Waals surface area (Å²) in [5.41, 5.74) is 0. The first-order chi connectivity index (χ1) is 11.1. The quantitative estimate of drug-likeness (QED) is 0.866. The molecule has 124 valence electrons. The number of amides is 1. The summed E-state index contributed by atoms with van der Waals surface area (Å²) < 4.78 is 11.8. The molecule has 2 aromatic rings. The average molecular weight is 337 g/mol. The molecular formula is C15H19N3O4S. The molecule has 0 spiro atoms. The number of aryl methyl sites for hydroxylation is 1. The maximum Gasteiger partial charge on any atom is 0.437 e. The number of nitrogens with zero attached hydrogens (tertiary/aromatic N) is 2. The molecule has 1 fully saturated rings. The second kappa shape index (κ2) is 7.10. The van der Waals surface area contributed by atoms with Crippen molar-refractivity contribution in [2.45, 2.75) is 44.9 Å². The van der Waals surface area contributed by atoms with Crippen LogP contribution in [0.5, 0.6) is 0 Å². The van der Waals surface area contributed by atoms with Gasteiger partial charge in [0, 0.05) is 13.0 Å². The minimum Gasteiger partial charge on any atom is -0.387 e. The molecule has 0 aromatic carbocycles. The minimum absolute atomic E-state index is 0.0271. The van der Waals surface area contributed by atoms with Crippen molar-refractivity contribution in [3.05, 3.63) is 28.1 Å². The summed E-state index contributed by atoms with van der Waals surface area (Å²) in [4.78, 5) is 24.5. The van der Waals surface area contributed by atoms with E-state index in [1.807, 2.05) is 24.4 Å². The van der Waals surface area contributed by atoms with Gasteiger partial charge in [-0.05, 0) is 31.2 Å². The monoisotopic (exact) mass is 337 g/mol. The molecule has 1 aliphatic heterocycles. The van der Waals surface area contributed by atoms with E-state index >= 15 is 0 Å². The van der Waals surface area contributed by atoms with Crippen LogP contribution in [-0.4, -0.2) is 34.4 Å². The third-order valence-electron chi connectivity index (χ3n) is 3.80. The molecule has 1 N–H and O–H groups in total. The molecule has 1 aliphatic rings. The van der Waals surface area contributed by atoms with E-state index in [0.29, 0.717) is 0 Å². The van der Waals surface area contributed by atoms with Crippen molar-refractivity contribution in [3.63, 3.8) is 0 Å². The number of hydrogen-bond donors (Lipinski definition) is 1. The number of aromatic nitrogens is 2. The van der Waals surface area contributed by atoms with E-state index in [1.54, 1.807) is 0 Å². The Bertz CT molecular complexity index is 701. The van der Waals surface area contributed by atoms with Crippen LogP contribution in [0.2, 0.25) is 0 Å². The Morgan fingerprint density at radius 3 is 3.17 bits per heavy atom. The van der Waals surface area contributed by atoms with E-state index in [4.69, 9.17) is 9.15 Å². The fraction of sp³-hybridized carbons (Fsp3) is 0.533. The Hall–Kier alpha value is -1.93. The molecule has 3 heterocycles. The standard InChI is InChI=1S/C15H19N3O4S/c1-10(11-4-2-8-21-11)16-13(19)6-7-18-15(20)22-14(17-18)12-5-3-9-23-12/h3,5,9-11H,2,4,6-8H2,1H3,(H,16,19). The van der Waals surface area contributed by atoms with Gasteiger partial charge in [-0.2, -0.15) is 4.68 Å². The van der Waals surface area contributed by atoms with Crippen molar-refractivity contribution in [3.8, 4) is 10.8 Å². The molecule has 7 nitrogen and oxygen atoms in total. The molecule has 3 rings (SSSR count). The summed E-state index contributed by atoms with van der Waals surface area (Å²) in [6.45, 7) is 2.88. The number of rotatable bonds is 6. The first-order valence-electron chi connectivity index (χ1n) is 7.66. The average Bonchev–Trinajstić information content (AvgIpc) is 3.27. The highest BCUT2D eigenvalue weighted by atomic mass is 32.1. The number of carbonyl (C=O) groups excluding carboxylic acids is 1. The van der Waals surface area contributed by atoms with Gasteiger partial charge in [0.1, 0.15) is 0 Å². The molecule has 0 aliphatic carbocycles. The van der Waals surface area contributed by atoms with Crippen LogP contribution in [0.1, 0.15) is 26.2 Å². The van der Waals surface area contributed by atoms with Crippen molar-refractivity contribution < 1.29 is 13.9 Å². The maximum atomic E-state index is 12.0. The number of carbonyl (C=O) groups is 1. The van der Waals surface area contributed by atoms with Crippen LogP contribution in [0.4, 0.5) is 0 Å². The smallest absolute Gasteiger partial charge is 0.387 e. The molecular weight excluding hydrogens is 318 g/mol. The summed E-state index contributed by atoms with van der Waals surface area (Å²) >= 11 is 1.44. The topological polar surface area (TPSA) is 86.4 Å². The second-order valence-electron chi connectivity index (χ2n) is 5.53. The van der Waals surface area contributed by atoms with Crippen molar-refractivity contribution >= 4 is 17.2 Å². The lowest BCUT2D eigenvalue weighted by Crippen LogP contribution is -2.41. The van der Waals surface area contributed by atoms with Crippen LogP contribution in [0.3, 0.4) is 0 Å². The molecule has 2 atom stereocenters. The fourth-order valence-electron chi connectivity index (χ4n) is 2.57. The molecule has 0 bridgehead atoms. The lowest BCUT2D eigenvalue weighted by Gasteiger charge is -2.19. The molecule has 1 amide bonds. The Morgan fingerprint density at radius 2 is 2.48 bits per heavy atom. The Balaban J connectivity index is 1.53. The largest absolute Gasteiger partial charge is 0.437 e. The van der Waals surface area contributed by atoms with Crippen LogP contribution >= 0.6 is 11.3 Å². The zero-order chi connectivity index (χ0) is 16.2. The van der Waals surface area contributed by atoms with Gasteiger partial charge in [-0.1, -0.05) is 6.07 Å². The van der Waals surface area contributed by atoms with E-state index in [9.17, 15) is 9.59 Å². The van der Waals surface area contributed by atoms with Gasteiger partial charge in [-0.3, -0.25) is 4.79 Å². The zero-order valence-corrected chi connectivity index (χ0v) is 13.7. The third kappa shape index (κ3) is 3.89. The van der Waals surface area contributed by atoms with Gasteiger partial charge in [-0.15, -0.1) is 16.4 Å². The van der Waals surface area contributed by atoms with E-state index < -0.39 is 5.76 Å². The van der Waals surface area contributed by atoms with Gasteiger partial charge in [0.25, 0.3) is 5.89 Å². The summed E-state index contributed by atoms with van der Waals surface area (Å²) in [6, 6.07) is 3.66. The van der Waals surface area contributed by atoms with Crippen LogP contribution < -0.4 is 11.1 Å². The summed E-state index contributed by atoms with van der Waals surface area (Å²) in [6.07, 6.45) is 2.26. The number of hydrogen-bond acceptors (Lipinski definition) is 6. The number of ether oxygens (including phenoxy) is 1. The first-order valence-corrected chi connectivity index (χ1v) is 8.54. The van der Waals surface area contributed by atoms with Gasteiger partial charge < -0.3 is 14.5 Å². The van der Waals surface area contributed by atoms with Crippen molar-refractivity contribution in [2.24, 2.45) is 0 Å². The SMILES string of the molecule is CC(NC(=O)CCn1nc(-c2cccs2)oc1=O)C1CCCO1. The third-order valence-corrected chi connectivity index (χ3v) is 4.66. The lowest BCUT2D eigenvalue weighted by atomic mass is 10.1. The normalized spacial score (nSPS) is 18.9. The second-order valence-corrected chi connectivity index (χ2v) is 6.48. The van der Waals surface area contributed by atoms with Crippen LogP contribution in [0.25, 0.3) is 10.8 Å². The predicted molar refractivity (Wildman–Crippen MR) is 85.3 cm³/mol. The molecule has 2 aromatic heterocycles. The van der Waals surface area contributed by atoms with Crippen molar-refractivity contribution in [1.82, 2.24) is 15.1 Å². The minimum atomic E-state index is -0.548. The summed E-state index contributed by atoms with van der Waals surface area (Å²) in [5.74, 6) is -0.382. The highest BCUT2D eigenvalue weighted by Gasteiger charge is 2.23. The van der Waals surface area contributed by atoms with Gasteiger partial charge >= 0.3 is 5.76 Å². The molecule has 0 saturated carbocycles. The summed E-state index contributed by atoms with van der Waals surface area (Å²) in [7, 11) is 0. The maximum absolute atomic E-state index is 12.0. The summed E-state index contributed by atoms with van der Waals surface area (Å²) in [5, 5.41) is 8.92. The van der Waals surface area contributed by atoms with Crippen LogP contribution in [0.15, 0.2) is 26.7 Å². The Morgan fingerprint density at radius 1 is 1.61 bits per heavy atom. The number of nitrogens with one attached hydrogen (secondary N) is 1. The van der Waals surface area contributed by atoms with Crippen LogP contribution in [-0.2, 0) is 16.1 Å². The van der Waals surface area contributed by atoms with Crippen molar-refractivity contribution in [1.29, 1.82) is 0 Å². The van der Waals surface area contributed by atoms with Gasteiger partial charge in [-0.25, -0.2) is 4.79 Å². The zero-order valence-electron chi connectivity index (χ0n) is 12.9. The fourth-order valence-corrected chi connectivity index (χ4v) is 3.21. The molecule has 23 heavy (non-hydrogen) atoms. The predicted octanol–water partition coefficient (Wildman–Crippen LogP) is 1.64. The highest BCUT2D eigenvalue weighted by Crippen LogP contribution is 2.21. The molecule has 2 unspecified atom stereocenters. The highest BCUT2D eigenvalue weighted by molar-refractivity contribution is 7.13. The van der Waals surface area contributed by atoms with Gasteiger partial charge in [0.2, 0.25) is 5.91 Å². The Labute approximate surface area is 137 Å². The van der Waals surface area contributed by atoms with Crippen LogP contribution in [0, 0.1) is 0 Å². The molecule has 0 radical (unpaired) electrons. The van der Waals surface area contributed by atoms with E-state index in [-0.39, 0.29) is 36.9 Å². The van der Waals surface area contributed by atoms with Gasteiger partial charge in [0.15, 0.2) is 0 Å². The van der Waals surface area contributed by atoms with E-state index in [1.165, 1.54) is 16.0 Å². The lowest BCUT2D eigenvalue weighted by molar-refractivity contribution is -0.122. The Kier molecular flexibility index (Phi) is 4.92. The molecule has 8 heteroatoms. The van der Waals surface area contributed by atoms with E-state index in [0.717, 1.165) is 24.3 Å². The van der Waals surface area contributed by atoms with Gasteiger partial charge in [0.05, 0.1) is 23.6 Å². The molecule has 1 saturated heterocycles. The number of thiophene rings is 1. The van der Waals surface area contributed by atoms with Crippen molar-refractivity contribution in [2.75, 3.05) is 6.61 Å².